The van der Waals surface area contributed by atoms with E-state index in [1.807, 2.05) is 26.0 Å². The third-order valence-corrected chi connectivity index (χ3v) is 3.34. The van der Waals surface area contributed by atoms with Crippen molar-refractivity contribution in [2.24, 2.45) is 0 Å². The van der Waals surface area contributed by atoms with Gasteiger partial charge in [-0.25, -0.2) is 0 Å². The molecule has 2 N–H and O–H groups in total. The predicted octanol–water partition coefficient (Wildman–Crippen LogP) is 2.72. The Labute approximate surface area is 113 Å². The Bertz CT molecular complexity index is 433. The van der Waals surface area contributed by atoms with Crippen molar-refractivity contribution in [1.82, 2.24) is 0 Å². The van der Waals surface area contributed by atoms with E-state index in [1.165, 1.54) is 0 Å². The summed E-state index contributed by atoms with van der Waals surface area (Å²) < 4.78 is 5.53. The van der Waals surface area contributed by atoms with Gasteiger partial charge in [0.15, 0.2) is 0 Å². The largest absolute Gasteiger partial charge is 0.491 e. The molecule has 4 nitrogen and oxygen atoms in total. The fourth-order valence-electron chi connectivity index (χ4n) is 2.32. The van der Waals surface area contributed by atoms with Crippen molar-refractivity contribution in [1.29, 1.82) is 0 Å². The Balaban J connectivity index is 1.97. The van der Waals surface area contributed by atoms with E-state index >= 15 is 0 Å². The maximum Gasteiger partial charge on any atom is 0.256 e. The molecule has 1 saturated carbocycles. The molecule has 0 atom stereocenters. The number of hydrogen-bond donors (Lipinski definition) is 2. The summed E-state index contributed by atoms with van der Waals surface area (Å²) in [4.78, 5) is 12.0. The first-order chi connectivity index (χ1) is 8.99. The number of amides is 1. The Morgan fingerprint density at radius 2 is 1.84 bits per heavy atom. The summed E-state index contributed by atoms with van der Waals surface area (Å²) in [7, 11) is 0. The van der Waals surface area contributed by atoms with Crippen LogP contribution in [0, 0.1) is 0 Å². The molecular formula is C15H21NO3. The molecular weight excluding hydrogens is 242 g/mol. The predicted molar refractivity (Wildman–Crippen MR) is 74.3 cm³/mol. The van der Waals surface area contributed by atoms with Crippen LogP contribution in [0.4, 0.5) is 5.69 Å². The second-order valence-electron chi connectivity index (χ2n) is 5.38. The summed E-state index contributed by atoms with van der Waals surface area (Å²) >= 11 is 0. The van der Waals surface area contributed by atoms with E-state index in [0.29, 0.717) is 18.5 Å². The number of carbonyl (C=O) groups excluding carboxylic acids is 1. The van der Waals surface area contributed by atoms with E-state index in [-0.39, 0.29) is 12.0 Å². The summed E-state index contributed by atoms with van der Waals surface area (Å²) in [6.45, 7) is 3.93. The minimum absolute atomic E-state index is 0.125. The first-order valence-electron chi connectivity index (χ1n) is 6.80. The lowest BCUT2D eigenvalue weighted by atomic mass is 10.0. The zero-order valence-corrected chi connectivity index (χ0v) is 11.5. The Morgan fingerprint density at radius 1 is 1.26 bits per heavy atom. The van der Waals surface area contributed by atoms with Crippen LogP contribution in [0.1, 0.15) is 39.5 Å². The lowest BCUT2D eigenvalue weighted by Crippen LogP contribution is -2.40. The summed E-state index contributed by atoms with van der Waals surface area (Å²) in [6.07, 6.45) is 3.04. The minimum atomic E-state index is -1.19. The highest BCUT2D eigenvalue weighted by Crippen LogP contribution is 2.30. The van der Waals surface area contributed by atoms with Crippen LogP contribution in [0.2, 0.25) is 0 Å². The maximum atomic E-state index is 12.0. The molecule has 0 radical (unpaired) electrons. The third-order valence-electron chi connectivity index (χ3n) is 3.34. The van der Waals surface area contributed by atoms with Gasteiger partial charge in [-0.15, -0.1) is 0 Å². The second-order valence-corrected chi connectivity index (χ2v) is 5.38. The van der Waals surface area contributed by atoms with E-state index in [2.05, 4.69) is 5.32 Å². The molecule has 1 aromatic carbocycles. The molecule has 4 heteroatoms. The van der Waals surface area contributed by atoms with Crippen molar-refractivity contribution in [3.8, 4) is 5.75 Å². The van der Waals surface area contributed by atoms with Crippen LogP contribution in [0.15, 0.2) is 24.3 Å². The molecule has 0 saturated heterocycles. The third kappa shape index (κ3) is 3.47. The number of carbonyl (C=O) groups is 1. The average Bonchev–Trinajstić information content (AvgIpc) is 2.79. The van der Waals surface area contributed by atoms with Gasteiger partial charge in [0, 0.05) is 5.69 Å². The lowest BCUT2D eigenvalue weighted by Gasteiger charge is -2.21. The van der Waals surface area contributed by atoms with Crippen LogP contribution < -0.4 is 10.1 Å². The molecule has 1 aliphatic carbocycles. The molecule has 1 fully saturated rings. The summed E-state index contributed by atoms with van der Waals surface area (Å²) in [5.74, 6) is 0.468. The van der Waals surface area contributed by atoms with Gasteiger partial charge >= 0.3 is 0 Å². The van der Waals surface area contributed by atoms with Gasteiger partial charge in [0.25, 0.3) is 5.91 Å². The van der Waals surface area contributed by atoms with E-state index in [0.717, 1.165) is 18.6 Å². The normalized spacial score (nSPS) is 17.5. The highest BCUT2D eigenvalue weighted by atomic mass is 16.5. The number of aliphatic hydroxyl groups is 1. The molecule has 2 rings (SSSR count). The molecule has 1 aliphatic rings. The topological polar surface area (TPSA) is 58.6 Å². The summed E-state index contributed by atoms with van der Waals surface area (Å²) in [6, 6.07) is 7.20. The highest BCUT2D eigenvalue weighted by molar-refractivity contribution is 5.97. The molecule has 0 spiro atoms. The second kappa shape index (κ2) is 5.61. The van der Waals surface area contributed by atoms with Gasteiger partial charge in [-0.2, -0.15) is 0 Å². The number of nitrogens with one attached hydrogen (secondary N) is 1. The van der Waals surface area contributed by atoms with Gasteiger partial charge in [-0.1, -0.05) is 0 Å². The van der Waals surface area contributed by atoms with E-state index in [9.17, 15) is 9.90 Å². The van der Waals surface area contributed by atoms with Crippen molar-refractivity contribution in [3.63, 3.8) is 0 Å². The molecule has 104 valence electrons. The minimum Gasteiger partial charge on any atom is -0.491 e. The van der Waals surface area contributed by atoms with Crippen LogP contribution in [0.25, 0.3) is 0 Å². The highest BCUT2D eigenvalue weighted by Gasteiger charge is 2.38. The van der Waals surface area contributed by atoms with Crippen molar-refractivity contribution in [2.75, 3.05) is 5.32 Å². The van der Waals surface area contributed by atoms with Crippen molar-refractivity contribution < 1.29 is 14.6 Å². The molecule has 0 bridgehead atoms. The maximum absolute atomic E-state index is 12.0. The molecule has 0 aromatic heterocycles. The zero-order valence-electron chi connectivity index (χ0n) is 11.5. The van der Waals surface area contributed by atoms with Gasteiger partial charge in [0.05, 0.1) is 6.10 Å². The number of benzene rings is 1. The van der Waals surface area contributed by atoms with Gasteiger partial charge in [0.2, 0.25) is 0 Å². The first-order valence-corrected chi connectivity index (χ1v) is 6.80. The zero-order chi connectivity index (χ0) is 13.9. The number of hydrogen-bond acceptors (Lipinski definition) is 3. The number of rotatable bonds is 4. The van der Waals surface area contributed by atoms with Crippen LogP contribution in [-0.2, 0) is 4.79 Å². The van der Waals surface area contributed by atoms with Crippen LogP contribution in [0.5, 0.6) is 5.75 Å². The summed E-state index contributed by atoms with van der Waals surface area (Å²) in [5.41, 5.74) is -0.506. The Morgan fingerprint density at radius 3 is 2.37 bits per heavy atom. The fourth-order valence-corrected chi connectivity index (χ4v) is 2.32. The van der Waals surface area contributed by atoms with Gasteiger partial charge in [-0.3, -0.25) is 4.79 Å². The molecule has 0 heterocycles. The SMILES string of the molecule is CC(C)Oc1ccc(NC(=O)C2(O)CCCC2)cc1. The van der Waals surface area contributed by atoms with E-state index in [1.54, 1.807) is 12.1 Å². The molecule has 0 aliphatic heterocycles. The fraction of sp³-hybridized carbons (Fsp3) is 0.533. The smallest absolute Gasteiger partial charge is 0.256 e. The van der Waals surface area contributed by atoms with E-state index < -0.39 is 5.60 Å². The molecule has 19 heavy (non-hydrogen) atoms. The van der Waals surface area contributed by atoms with Crippen LogP contribution in [0.3, 0.4) is 0 Å². The number of ether oxygens (including phenoxy) is 1. The Kier molecular flexibility index (Phi) is 4.10. The monoisotopic (exact) mass is 263 g/mol. The Hall–Kier alpha value is -1.55. The van der Waals surface area contributed by atoms with Crippen LogP contribution in [-0.4, -0.2) is 22.7 Å². The van der Waals surface area contributed by atoms with Gasteiger partial charge < -0.3 is 15.2 Å². The molecule has 0 unspecified atom stereocenters. The van der Waals surface area contributed by atoms with Gasteiger partial charge in [-0.05, 0) is 63.8 Å². The molecule has 1 aromatic rings. The van der Waals surface area contributed by atoms with Crippen molar-refractivity contribution in [3.05, 3.63) is 24.3 Å². The van der Waals surface area contributed by atoms with Crippen LogP contribution >= 0.6 is 0 Å². The standard InChI is InChI=1S/C15H21NO3/c1-11(2)19-13-7-5-12(6-8-13)16-14(17)15(18)9-3-4-10-15/h5-8,11,18H,3-4,9-10H2,1-2H3,(H,16,17). The van der Waals surface area contributed by atoms with Crippen molar-refractivity contribution in [2.45, 2.75) is 51.2 Å². The quantitative estimate of drug-likeness (QED) is 0.878. The lowest BCUT2D eigenvalue weighted by molar-refractivity contribution is -0.133. The molecule has 1 amide bonds. The number of anilines is 1. The average molecular weight is 263 g/mol. The first kappa shape index (κ1) is 13.9. The van der Waals surface area contributed by atoms with Gasteiger partial charge in [0.1, 0.15) is 11.4 Å². The van der Waals surface area contributed by atoms with E-state index in [4.69, 9.17) is 4.74 Å². The summed E-state index contributed by atoms with van der Waals surface area (Å²) in [5, 5.41) is 12.9. The van der Waals surface area contributed by atoms with Crippen molar-refractivity contribution >= 4 is 11.6 Å².